The molecule has 0 aliphatic carbocycles. The molecule has 0 spiro atoms. The summed E-state index contributed by atoms with van der Waals surface area (Å²) in [6.07, 6.45) is 2.32. The number of Topliss-reactive ketones (excluding diaryl/α,β-unsaturated/α-hetero) is 2. The molecule has 1 rings (SSSR count). The number of aromatic nitrogens is 1. The third-order valence-corrected chi connectivity index (χ3v) is 3.35. The van der Waals surface area contributed by atoms with Gasteiger partial charge >= 0.3 is 0 Å². The quantitative estimate of drug-likeness (QED) is 0.626. The topological polar surface area (TPSA) is 39.1 Å². The fourth-order valence-electron chi connectivity index (χ4n) is 1.54. The van der Waals surface area contributed by atoms with Gasteiger partial charge in [-0.3, -0.25) is 9.59 Å². The summed E-state index contributed by atoms with van der Waals surface area (Å²) in [6.45, 7) is 3.77. The highest BCUT2D eigenvalue weighted by Crippen LogP contribution is 2.31. The number of carbonyl (C=O) groups is 2. The SMILES string of the molecule is CCC(C)C(=O)c1cc(C(=O)C(Cl)(Cl)Cl)n(C)c1. The number of hydrogen-bond acceptors (Lipinski definition) is 2. The Balaban J connectivity index is 3.10. The van der Waals surface area contributed by atoms with Gasteiger partial charge in [-0.1, -0.05) is 48.7 Å². The lowest BCUT2D eigenvalue weighted by molar-refractivity contribution is 0.0927. The molecule has 0 aliphatic rings. The molecule has 0 saturated heterocycles. The molecule has 0 aliphatic heterocycles. The first-order valence-corrected chi connectivity index (χ1v) is 6.64. The zero-order valence-electron chi connectivity index (χ0n) is 10.3. The first-order valence-electron chi connectivity index (χ1n) is 5.50. The van der Waals surface area contributed by atoms with Crippen LogP contribution < -0.4 is 0 Å². The van der Waals surface area contributed by atoms with E-state index in [9.17, 15) is 9.59 Å². The van der Waals surface area contributed by atoms with Gasteiger partial charge in [0.15, 0.2) is 5.78 Å². The second-order valence-electron chi connectivity index (χ2n) is 4.23. The number of aryl methyl sites for hydroxylation is 1. The molecule has 6 heteroatoms. The number of alkyl halides is 3. The number of rotatable bonds is 4. The van der Waals surface area contributed by atoms with Gasteiger partial charge in [-0.2, -0.15) is 0 Å². The van der Waals surface area contributed by atoms with E-state index >= 15 is 0 Å². The second kappa shape index (κ2) is 5.64. The zero-order valence-corrected chi connectivity index (χ0v) is 12.6. The van der Waals surface area contributed by atoms with Crippen LogP contribution in [-0.4, -0.2) is 19.9 Å². The van der Waals surface area contributed by atoms with Gasteiger partial charge in [-0.25, -0.2) is 0 Å². The highest BCUT2D eigenvalue weighted by Gasteiger charge is 2.34. The van der Waals surface area contributed by atoms with Gasteiger partial charge < -0.3 is 4.57 Å². The molecule has 0 fully saturated rings. The van der Waals surface area contributed by atoms with E-state index in [2.05, 4.69) is 0 Å². The molecule has 0 aromatic carbocycles. The van der Waals surface area contributed by atoms with Crippen molar-refractivity contribution in [3.8, 4) is 0 Å². The van der Waals surface area contributed by atoms with Gasteiger partial charge in [-0.15, -0.1) is 0 Å². The summed E-state index contributed by atoms with van der Waals surface area (Å²) in [5.41, 5.74) is 0.672. The normalized spacial score (nSPS) is 13.4. The third kappa shape index (κ3) is 3.28. The first-order chi connectivity index (χ1) is 8.18. The molecule has 1 heterocycles. The molecule has 0 radical (unpaired) electrons. The Morgan fingerprint density at radius 2 is 1.94 bits per heavy atom. The average Bonchev–Trinajstić information content (AvgIpc) is 2.66. The lowest BCUT2D eigenvalue weighted by Gasteiger charge is -2.09. The van der Waals surface area contributed by atoms with Crippen LogP contribution in [0, 0.1) is 5.92 Å². The molecular formula is C12H14Cl3NO2. The minimum Gasteiger partial charge on any atom is -0.347 e. The third-order valence-electron chi connectivity index (χ3n) is 2.84. The second-order valence-corrected chi connectivity index (χ2v) is 6.51. The van der Waals surface area contributed by atoms with Gasteiger partial charge in [0.05, 0.1) is 5.69 Å². The molecule has 0 N–H and O–H groups in total. The van der Waals surface area contributed by atoms with Crippen LogP contribution in [0.1, 0.15) is 41.1 Å². The number of hydrogen-bond donors (Lipinski definition) is 0. The zero-order chi connectivity index (χ0) is 14.1. The highest BCUT2D eigenvalue weighted by molar-refractivity contribution is 6.77. The Hall–Kier alpha value is -0.510. The summed E-state index contributed by atoms with van der Waals surface area (Å²) in [6, 6.07) is 1.47. The van der Waals surface area contributed by atoms with E-state index in [0.29, 0.717) is 5.56 Å². The standard InChI is InChI=1S/C12H14Cl3NO2/c1-4-7(2)10(17)8-5-9(16(3)6-8)11(18)12(13,14)15/h5-7H,4H2,1-3H3. The van der Waals surface area contributed by atoms with Crippen molar-refractivity contribution in [3.63, 3.8) is 0 Å². The van der Waals surface area contributed by atoms with Crippen molar-refractivity contribution in [2.24, 2.45) is 13.0 Å². The smallest absolute Gasteiger partial charge is 0.255 e. The van der Waals surface area contributed by atoms with Gasteiger partial charge in [0.25, 0.3) is 3.79 Å². The van der Waals surface area contributed by atoms with E-state index in [0.717, 1.165) is 6.42 Å². The molecular weight excluding hydrogens is 296 g/mol. The predicted octanol–water partition coefficient (Wildman–Crippen LogP) is 3.81. The van der Waals surface area contributed by atoms with Crippen LogP contribution in [0.15, 0.2) is 12.3 Å². The lowest BCUT2D eigenvalue weighted by atomic mass is 9.99. The minimum absolute atomic E-state index is 0.0172. The van der Waals surface area contributed by atoms with Crippen LogP contribution in [0.3, 0.4) is 0 Å². The summed E-state index contributed by atoms with van der Waals surface area (Å²) in [5.74, 6) is -0.752. The number of carbonyl (C=O) groups excluding carboxylic acids is 2. The Morgan fingerprint density at radius 3 is 2.39 bits per heavy atom. The van der Waals surface area contributed by atoms with E-state index in [-0.39, 0.29) is 17.4 Å². The van der Waals surface area contributed by atoms with Gasteiger partial charge in [0.1, 0.15) is 0 Å². The Labute approximate surface area is 121 Å². The average molecular weight is 311 g/mol. The summed E-state index contributed by atoms with van der Waals surface area (Å²) >= 11 is 16.7. The number of ketones is 2. The van der Waals surface area contributed by atoms with Crippen LogP contribution in [0.25, 0.3) is 0 Å². The van der Waals surface area contributed by atoms with Crippen LogP contribution in [-0.2, 0) is 7.05 Å². The Morgan fingerprint density at radius 1 is 1.39 bits per heavy atom. The van der Waals surface area contributed by atoms with Crippen molar-refractivity contribution in [1.29, 1.82) is 0 Å². The predicted molar refractivity (Wildman–Crippen MR) is 73.8 cm³/mol. The van der Waals surface area contributed by atoms with E-state index in [1.807, 2.05) is 13.8 Å². The molecule has 18 heavy (non-hydrogen) atoms. The molecule has 0 bridgehead atoms. The molecule has 1 aromatic heterocycles. The fraction of sp³-hybridized carbons (Fsp3) is 0.500. The van der Waals surface area contributed by atoms with Crippen LogP contribution in [0.2, 0.25) is 0 Å². The number of nitrogens with zero attached hydrogens (tertiary/aromatic N) is 1. The van der Waals surface area contributed by atoms with Crippen LogP contribution in [0.4, 0.5) is 0 Å². The summed E-state index contributed by atoms with van der Waals surface area (Å²) in [4.78, 5) is 23.8. The van der Waals surface area contributed by atoms with E-state index in [1.54, 1.807) is 13.2 Å². The van der Waals surface area contributed by atoms with E-state index < -0.39 is 9.58 Å². The number of halogens is 3. The molecule has 0 saturated carbocycles. The Kier molecular flexibility index (Phi) is 4.87. The van der Waals surface area contributed by atoms with Crippen LogP contribution in [0.5, 0.6) is 0 Å². The van der Waals surface area contributed by atoms with Crippen molar-refractivity contribution in [3.05, 3.63) is 23.5 Å². The molecule has 1 aromatic rings. The van der Waals surface area contributed by atoms with Gasteiger partial charge in [-0.05, 0) is 12.5 Å². The summed E-state index contributed by atoms with van der Waals surface area (Å²) in [5, 5.41) is 0. The van der Waals surface area contributed by atoms with Crippen molar-refractivity contribution < 1.29 is 9.59 Å². The summed E-state index contributed by atoms with van der Waals surface area (Å²) in [7, 11) is 1.64. The lowest BCUT2D eigenvalue weighted by Crippen LogP contribution is -2.21. The van der Waals surface area contributed by atoms with Crippen molar-refractivity contribution in [2.75, 3.05) is 0 Å². The van der Waals surface area contributed by atoms with Crippen molar-refractivity contribution in [1.82, 2.24) is 4.57 Å². The van der Waals surface area contributed by atoms with E-state index in [4.69, 9.17) is 34.8 Å². The molecule has 3 nitrogen and oxygen atoms in total. The maximum absolute atomic E-state index is 12.0. The Bertz CT molecular complexity index is 474. The van der Waals surface area contributed by atoms with Gasteiger partial charge in [0.2, 0.25) is 5.78 Å². The van der Waals surface area contributed by atoms with Crippen molar-refractivity contribution in [2.45, 2.75) is 24.1 Å². The first kappa shape index (κ1) is 15.5. The largest absolute Gasteiger partial charge is 0.347 e. The molecule has 0 amide bonds. The molecule has 1 unspecified atom stereocenters. The monoisotopic (exact) mass is 309 g/mol. The van der Waals surface area contributed by atoms with E-state index in [1.165, 1.54) is 10.6 Å². The molecule has 1 atom stereocenters. The highest BCUT2D eigenvalue weighted by atomic mass is 35.6. The van der Waals surface area contributed by atoms with Crippen molar-refractivity contribution >= 4 is 46.4 Å². The maximum Gasteiger partial charge on any atom is 0.255 e. The minimum atomic E-state index is -2.01. The van der Waals surface area contributed by atoms with Gasteiger partial charge in [0, 0.05) is 24.7 Å². The van der Waals surface area contributed by atoms with Crippen LogP contribution >= 0.6 is 34.8 Å². The maximum atomic E-state index is 12.0. The fourth-order valence-corrected chi connectivity index (χ4v) is 1.83. The summed E-state index contributed by atoms with van der Waals surface area (Å²) < 4.78 is -0.511. The molecule has 100 valence electrons.